The molecule has 0 bridgehead atoms. The molecule has 200 valence electrons. The van der Waals surface area contributed by atoms with E-state index in [4.69, 9.17) is 4.74 Å². The third kappa shape index (κ3) is 7.74. The lowest BCUT2D eigenvalue weighted by Crippen LogP contribution is -2.48. The minimum Gasteiger partial charge on any atom is -0.382 e. The number of methoxy groups -OCH3 is 1. The van der Waals surface area contributed by atoms with Crippen LogP contribution >= 0.6 is 11.8 Å². The molecule has 2 unspecified atom stereocenters. The number of halogens is 2. The first-order valence-corrected chi connectivity index (χ1v) is 14.0. The maximum absolute atomic E-state index is 14.3. The van der Waals surface area contributed by atoms with Crippen molar-refractivity contribution in [2.24, 2.45) is 0 Å². The largest absolute Gasteiger partial charge is 0.382 e. The fourth-order valence-electron chi connectivity index (χ4n) is 4.70. The molecule has 0 saturated heterocycles. The van der Waals surface area contributed by atoms with E-state index in [1.807, 2.05) is 23.9 Å². The van der Waals surface area contributed by atoms with Gasteiger partial charge in [0, 0.05) is 38.0 Å². The Kier molecular flexibility index (Phi) is 11.2. The Bertz CT molecular complexity index is 989. The molecule has 3 rings (SSSR count). The van der Waals surface area contributed by atoms with Gasteiger partial charge in [0.1, 0.15) is 11.6 Å². The minimum atomic E-state index is -0.541. The number of nitrogens with zero attached hydrogens (tertiary/aromatic N) is 2. The van der Waals surface area contributed by atoms with Crippen LogP contribution in [0.5, 0.6) is 0 Å². The molecule has 7 nitrogen and oxygen atoms in total. The molecular formula is C26H39F2N5O2S. The van der Waals surface area contributed by atoms with Crippen molar-refractivity contribution in [3.63, 3.8) is 0 Å². The minimum absolute atomic E-state index is 0.0515. The summed E-state index contributed by atoms with van der Waals surface area (Å²) in [4.78, 5) is 17.5. The second-order valence-electron chi connectivity index (χ2n) is 9.32. The van der Waals surface area contributed by atoms with Gasteiger partial charge in [-0.1, -0.05) is 20.3 Å². The Morgan fingerprint density at radius 3 is 2.83 bits per heavy atom. The molecular weight excluding hydrogens is 484 g/mol. The smallest absolute Gasteiger partial charge is 0.242 e. The van der Waals surface area contributed by atoms with Crippen LogP contribution in [-0.4, -0.2) is 59.4 Å². The number of anilines is 1. The zero-order valence-corrected chi connectivity index (χ0v) is 22.5. The normalized spacial score (nSPS) is 17.9. The first kappa shape index (κ1) is 28.6. The van der Waals surface area contributed by atoms with Gasteiger partial charge in [0.05, 0.1) is 24.3 Å². The fourth-order valence-corrected chi connectivity index (χ4v) is 5.23. The van der Waals surface area contributed by atoms with Gasteiger partial charge in [-0.05, 0) is 55.6 Å². The first-order valence-electron chi connectivity index (χ1n) is 12.7. The third-order valence-corrected chi connectivity index (χ3v) is 7.60. The van der Waals surface area contributed by atoms with Crippen LogP contribution in [0.4, 0.5) is 14.6 Å². The van der Waals surface area contributed by atoms with Crippen molar-refractivity contribution >= 4 is 23.5 Å². The highest BCUT2D eigenvalue weighted by atomic mass is 32.2. The fraction of sp³-hybridized carbons (Fsp3) is 0.615. The summed E-state index contributed by atoms with van der Waals surface area (Å²) in [6.45, 7) is 5.54. The van der Waals surface area contributed by atoms with Gasteiger partial charge in [-0.2, -0.15) is 0 Å². The number of thioether (sulfide) groups is 1. The van der Waals surface area contributed by atoms with Crippen LogP contribution in [0, 0.1) is 11.6 Å². The van der Waals surface area contributed by atoms with Crippen molar-refractivity contribution in [1.82, 2.24) is 20.2 Å². The van der Waals surface area contributed by atoms with Gasteiger partial charge in [-0.3, -0.25) is 4.79 Å². The number of ether oxygens (including phenoxy) is 1. The number of hydrogen-bond acceptors (Lipinski definition) is 6. The summed E-state index contributed by atoms with van der Waals surface area (Å²) in [5.74, 6) is -0.693. The average Bonchev–Trinajstić information content (AvgIpc) is 3.31. The molecule has 0 radical (unpaired) electrons. The lowest BCUT2D eigenvalue weighted by atomic mass is 9.87. The molecule has 10 heteroatoms. The van der Waals surface area contributed by atoms with Crippen LogP contribution in [0.15, 0.2) is 24.7 Å². The molecule has 1 heterocycles. The summed E-state index contributed by atoms with van der Waals surface area (Å²) in [6, 6.07) is 2.07. The molecule has 1 amide bonds. The Morgan fingerprint density at radius 2 is 2.14 bits per heavy atom. The molecule has 0 fully saturated rings. The number of aromatic nitrogens is 2. The Hall–Kier alpha value is -2.01. The number of fused-ring (bicyclic) bond motifs is 1. The van der Waals surface area contributed by atoms with Crippen molar-refractivity contribution in [2.45, 2.75) is 75.9 Å². The van der Waals surface area contributed by atoms with Gasteiger partial charge in [0.15, 0.2) is 5.82 Å². The maximum atomic E-state index is 14.3. The summed E-state index contributed by atoms with van der Waals surface area (Å²) in [6.07, 6.45) is 9.79. The molecule has 0 spiro atoms. The van der Waals surface area contributed by atoms with Crippen LogP contribution in [0.3, 0.4) is 0 Å². The number of imidazole rings is 1. The third-order valence-electron chi connectivity index (χ3n) is 6.73. The highest BCUT2D eigenvalue weighted by Gasteiger charge is 2.27. The van der Waals surface area contributed by atoms with Crippen molar-refractivity contribution in [3.05, 3.63) is 47.4 Å². The van der Waals surface area contributed by atoms with Gasteiger partial charge < -0.3 is 25.3 Å². The number of carbonyl (C=O) groups excluding carboxylic acids is 1. The number of nitrogens with one attached hydrogen (secondary N) is 3. The zero-order valence-electron chi connectivity index (χ0n) is 21.7. The van der Waals surface area contributed by atoms with E-state index in [0.29, 0.717) is 37.3 Å². The maximum Gasteiger partial charge on any atom is 0.242 e. The lowest BCUT2D eigenvalue weighted by molar-refractivity contribution is -0.118. The topological polar surface area (TPSA) is 80.2 Å². The van der Waals surface area contributed by atoms with Gasteiger partial charge in [0.2, 0.25) is 5.91 Å². The van der Waals surface area contributed by atoms with Gasteiger partial charge >= 0.3 is 0 Å². The van der Waals surface area contributed by atoms with Crippen molar-refractivity contribution < 1.29 is 18.3 Å². The van der Waals surface area contributed by atoms with E-state index in [-0.39, 0.29) is 23.4 Å². The summed E-state index contributed by atoms with van der Waals surface area (Å²) >= 11 is 1.71. The monoisotopic (exact) mass is 523 g/mol. The molecule has 1 aliphatic carbocycles. The molecule has 4 atom stereocenters. The summed E-state index contributed by atoms with van der Waals surface area (Å²) in [5, 5.41) is 10.1. The lowest BCUT2D eigenvalue weighted by Gasteiger charge is -2.29. The van der Waals surface area contributed by atoms with Gasteiger partial charge in [0.25, 0.3) is 0 Å². The molecule has 2 aromatic rings. The van der Waals surface area contributed by atoms with Crippen molar-refractivity contribution in [1.29, 1.82) is 0 Å². The highest BCUT2D eigenvalue weighted by Crippen LogP contribution is 2.26. The number of amides is 1. The number of hydrogen-bond donors (Lipinski definition) is 3. The summed E-state index contributed by atoms with van der Waals surface area (Å²) in [7, 11) is 1.69. The van der Waals surface area contributed by atoms with Crippen LogP contribution in [0.25, 0.3) is 0 Å². The van der Waals surface area contributed by atoms with Crippen molar-refractivity contribution in [3.8, 4) is 0 Å². The summed E-state index contributed by atoms with van der Waals surface area (Å²) < 4.78 is 35.1. The van der Waals surface area contributed by atoms with E-state index >= 15 is 0 Å². The molecule has 1 aliphatic rings. The highest BCUT2D eigenvalue weighted by molar-refractivity contribution is 7.99. The Labute approximate surface area is 217 Å². The SMILES string of the molecule is CCC[C@H](N[C@H]1CCc2cc(F)cc(F)c2C1)C(=O)Nc1cn(C(CC)CNC(COC)SC)cn1. The molecule has 0 aliphatic heterocycles. The van der Waals surface area contributed by atoms with Gasteiger partial charge in [-0.15, -0.1) is 11.8 Å². The Balaban J connectivity index is 1.59. The standard InChI is InChI=1S/C26H39F2N5O2S/c1-5-7-23(31-19-9-8-17-10-18(27)11-22(28)21(17)12-19)26(34)32-24-14-33(16-30-24)20(6-2)13-29-25(36-4)15-35-3/h10-11,14,16,19-20,23,25,29,31H,5-9,12-13,15H2,1-4H3,(H,32,34)/t19-,20?,23-,25?/m0/s1. The van der Waals surface area contributed by atoms with E-state index in [9.17, 15) is 13.6 Å². The van der Waals surface area contributed by atoms with E-state index in [0.717, 1.165) is 37.4 Å². The second-order valence-corrected chi connectivity index (χ2v) is 10.4. The van der Waals surface area contributed by atoms with Crippen LogP contribution in [-0.2, 0) is 22.4 Å². The average molecular weight is 524 g/mol. The second kappa shape index (κ2) is 14.1. The van der Waals surface area contributed by atoms with Crippen LogP contribution < -0.4 is 16.0 Å². The van der Waals surface area contributed by atoms with E-state index in [2.05, 4.69) is 27.9 Å². The molecule has 0 saturated carbocycles. The van der Waals surface area contributed by atoms with Crippen LogP contribution in [0.2, 0.25) is 0 Å². The number of carbonyl (C=O) groups is 1. The Morgan fingerprint density at radius 1 is 1.33 bits per heavy atom. The molecule has 3 N–H and O–H groups in total. The van der Waals surface area contributed by atoms with E-state index < -0.39 is 17.7 Å². The van der Waals surface area contributed by atoms with Crippen LogP contribution in [0.1, 0.15) is 56.7 Å². The predicted molar refractivity (Wildman–Crippen MR) is 141 cm³/mol. The first-order chi connectivity index (χ1) is 17.4. The zero-order chi connectivity index (χ0) is 26.1. The number of benzene rings is 1. The van der Waals surface area contributed by atoms with Gasteiger partial charge in [-0.25, -0.2) is 13.8 Å². The quantitative estimate of drug-likeness (QED) is 0.321. The predicted octanol–water partition coefficient (Wildman–Crippen LogP) is 4.29. The van der Waals surface area contributed by atoms with E-state index in [1.165, 1.54) is 6.07 Å². The number of rotatable bonds is 14. The molecule has 36 heavy (non-hydrogen) atoms. The number of aryl methyl sites for hydroxylation is 1. The van der Waals surface area contributed by atoms with Crippen molar-refractivity contribution in [2.75, 3.05) is 31.8 Å². The summed E-state index contributed by atoms with van der Waals surface area (Å²) in [5.41, 5.74) is 1.27. The molecule has 1 aromatic carbocycles. The molecule has 1 aromatic heterocycles. The van der Waals surface area contributed by atoms with E-state index in [1.54, 1.807) is 25.2 Å².